The molecule has 0 aromatic heterocycles. The number of aliphatic carboxylic acids is 1. The lowest BCUT2D eigenvalue weighted by atomic mass is 9.57. The smallest absolute Gasteiger partial charge is 0.303 e. The average molecular weight is 334 g/mol. The summed E-state index contributed by atoms with van der Waals surface area (Å²) >= 11 is 0. The van der Waals surface area contributed by atoms with Gasteiger partial charge in [-0.25, -0.2) is 0 Å². The van der Waals surface area contributed by atoms with Crippen LogP contribution >= 0.6 is 0 Å². The van der Waals surface area contributed by atoms with Crippen LogP contribution in [0.15, 0.2) is 11.6 Å². The van der Waals surface area contributed by atoms with E-state index in [2.05, 4.69) is 24.8 Å². The molecule has 0 aromatic rings. The van der Waals surface area contributed by atoms with Crippen LogP contribution in [0.1, 0.15) is 64.7 Å². The summed E-state index contributed by atoms with van der Waals surface area (Å²) in [5.41, 5.74) is 1.34. The third-order valence-electron chi connectivity index (χ3n) is 5.38. The molecule has 2 aliphatic rings. The number of allylic oxidation sites excluding steroid dienone is 2. The molecule has 0 amide bonds. The SMILES string of the molecule is CCCCCC(O)C#C[C@@H]1[C@H]2CC(=CCCC(=O)O)[C@H]2CC[C@H]1O. The van der Waals surface area contributed by atoms with Gasteiger partial charge in [0.1, 0.15) is 6.10 Å². The predicted octanol–water partition coefficient (Wildman–Crippen LogP) is 3.13. The molecular weight excluding hydrogens is 304 g/mol. The van der Waals surface area contributed by atoms with Crippen molar-refractivity contribution in [1.82, 2.24) is 0 Å². The first-order chi connectivity index (χ1) is 11.5. The Morgan fingerprint density at radius 2 is 2.17 bits per heavy atom. The molecule has 3 N–H and O–H groups in total. The number of hydrogen-bond donors (Lipinski definition) is 3. The van der Waals surface area contributed by atoms with E-state index in [0.29, 0.717) is 24.7 Å². The van der Waals surface area contributed by atoms with Crippen LogP contribution in [0.2, 0.25) is 0 Å². The molecule has 2 fully saturated rings. The molecule has 0 aromatic carbocycles. The quantitative estimate of drug-likeness (QED) is 0.380. The number of rotatable bonds is 7. The van der Waals surface area contributed by atoms with Gasteiger partial charge in [0.15, 0.2) is 0 Å². The topological polar surface area (TPSA) is 77.8 Å². The fraction of sp³-hybridized carbons (Fsp3) is 0.750. The highest BCUT2D eigenvalue weighted by atomic mass is 16.4. The van der Waals surface area contributed by atoms with Gasteiger partial charge >= 0.3 is 5.97 Å². The van der Waals surface area contributed by atoms with Crippen molar-refractivity contribution in [2.45, 2.75) is 76.9 Å². The van der Waals surface area contributed by atoms with E-state index in [0.717, 1.165) is 38.5 Å². The van der Waals surface area contributed by atoms with Crippen LogP contribution in [-0.4, -0.2) is 33.5 Å². The highest BCUT2D eigenvalue weighted by molar-refractivity contribution is 5.66. The number of carboxylic acids is 1. The summed E-state index contributed by atoms with van der Waals surface area (Å²) in [6.45, 7) is 2.13. The molecule has 24 heavy (non-hydrogen) atoms. The summed E-state index contributed by atoms with van der Waals surface area (Å²) < 4.78 is 0. The second-order valence-corrected chi connectivity index (χ2v) is 7.16. The van der Waals surface area contributed by atoms with Gasteiger partial charge < -0.3 is 15.3 Å². The zero-order valence-electron chi connectivity index (χ0n) is 14.6. The van der Waals surface area contributed by atoms with Crippen molar-refractivity contribution < 1.29 is 20.1 Å². The van der Waals surface area contributed by atoms with E-state index < -0.39 is 18.2 Å². The van der Waals surface area contributed by atoms with Crippen molar-refractivity contribution in [2.75, 3.05) is 0 Å². The van der Waals surface area contributed by atoms with Crippen LogP contribution in [0.5, 0.6) is 0 Å². The lowest BCUT2D eigenvalue weighted by Gasteiger charge is -2.48. The second-order valence-electron chi connectivity index (χ2n) is 7.16. The predicted molar refractivity (Wildman–Crippen MR) is 93.2 cm³/mol. The number of fused-ring (bicyclic) bond motifs is 1. The molecule has 2 saturated carbocycles. The minimum atomic E-state index is -0.761. The number of unbranched alkanes of at least 4 members (excludes halogenated alkanes) is 2. The van der Waals surface area contributed by atoms with E-state index in [-0.39, 0.29) is 12.3 Å². The van der Waals surface area contributed by atoms with Crippen LogP contribution in [-0.2, 0) is 4.79 Å². The molecule has 0 spiro atoms. The monoisotopic (exact) mass is 334 g/mol. The normalized spacial score (nSPS) is 31.5. The highest BCUT2D eigenvalue weighted by Gasteiger charge is 2.46. The van der Waals surface area contributed by atoms with Crippen LogP contribution in [0.4, 0.5) is 0 Å². The first-order valence-corrected chi connectivity index (χ1v) is 9.30. The third-order valence-corrected chi connectivity index (χ3v) is 5.38. The fourth-order valence-electron chi connectivity index (χ4n) is 3.94. The Balaban J connectivity index is 1.89. The summed E-state index contributed by atoms with van der Waals surface area (Å²) in [6.07, 6.45) is 8.38. The Morgan fingerprint density at radius 3 is 2.88 bits per heavy atom. The van der Waals surface area contributed by atoms with Crippen molar-refractivity contribution in [2.24, 2.45) is 17.8 Å². The van der Waals surface area contributed by atoms with E-state index in [1.165, 1.54) is 5.57 Å². The van der Waals surface area contributed by atoms with Crippen molar-refractivity contribution in [3.8, 4) is 11.8 Å². The summed E-state index contributed by atoms with van der Waals surface area (Å²) in [4.78, 5) is 10.6. The van der Waals surface area contributed by atoms with Gasteiger partial charge in [0.2, 0.25) is 0 Å². The molecule has 0 saturated heterocycles. The van der Waals surface area contributed by atoms with Crippen LogP contribution in [0, 0.1) is 29.6 Å². The Hall–Kier alpha value is -1.31. The maximum Gasteiger partial charge on any atom is 0.303 e. The van der Waals surface area contributed by atoms with Gasteiger partial charge in [0.05, 0.1) is 12.0 Å². The van der Waals surface area contributed by atoms with Gasteiger partial charge in [-0.3, -0.25) is 4.79 Å². The van der Waals surface area contributed by atoms with Crippen LogP contribution in [0.3, 0.4) is 0 Å². The lowest BCUT2D eigenvalue weighted by Crippen LogP contribution is -2.44. The van der Waals surface area contributed by atoms with Gasteiger partial charge in [-0.15, -0.1) is 0 Å². The molecule has 134 valence electrons. The van der Waals surface area contributed by atoms with Crippen molar-refractivity contribution in [3.05, 3.63) is 11.6 Å². The molecule has 2 rings (SSSR count). The number of aliphatic hydroxyl groups is 2. The Kier molecular flexibility index (Phi) is 7.33. The zero-order chi connectivity index (χ0) is 17.5. The summed E-state index contributed by atoms with van der Waals surface area (Å²) in [7, 11) is 0. The Labute approximate surface area is 145 Å². The lowest BCUT2D eigenvalue weighted by molar-refractivity contribution is -0.136. The number of hydrogen-bond acceptors (Lipinski definition) is 3. The minimum absolute atomic E-state index is 0.0544. The van der Waals surface area contributed by atoms with Gasteiger partial charge in [0, 0.05) is 6.42 Å². The first-order valence-electron chi connectivity index (χ1n) is 9.30. The summed E-state index contributed by atoms with van der Waals surface area (Å²) in [5, 5.41) is 29.0. The van der Waals surface area contributed by atoms with Crippen LogP contribution < -0.4 is 0 Å². The number of carboxylic acid groups (broad SMARTS) is 1. The fourth-order valence-corrected chi connectivity index (χ4v) is 3.94. The molecule has 0 aliphatic heterocycles. The summed E-state index contributed by atoms with van der Waals surface area (Å²) in [6, 6.07) is 0. The largest absolute Gasteiger partial charge is 0.481 e. The van der Waals surface area contributed by atoms with Crippen molar-refractivity contribution in [3.63, 3.8) is 0 Å². The molecule has 4 nitrogen and oxygen atoms in total. The number of carbonyl (C=O) groups is 1. The molecule has 5 atom stereocenters. The average Bonchev–Trinajstić information content (AvgIpc) is 2.51. The third kappa shape index (κ3) is 5.09. The Bertz CT molecular complexity index is 513. The highest BCUT2D eigenvalue weighted by Crippen LogP contribution is 2.51. The second kappa shape index (κ2) is 9.25. The zero-order valence-corrected chi connectivity index (χ0v) is 14.6. The molecule has 2 aliphatic carbocycles. The van der Waals surface area contributed by atoms with E-state index in [1.807, 2.05) is 0 Å². The molecule has 1 unspecified atom stereocenters. The van der Waals surface area contributed by atoms with Crippen LogP contribution in [0.25, 0.3) is 0 Å². The minimum Gasteiger partial charge on any atom is -0.481 e. The molecule has 4 heteroatoms. The van der Waals surface area contributed by atoms with E-state index in [1.54, 1.807) is 0 Å². The standard InChI is InChI=1S/C20H30O4/c1-2-3-4-7-15(21)9-10-17-18-13-14(6-5-8-20(23)24)16(18)11-12-19(17)22/h6,15-19,21-22H,2-5,7-8,11-13H2,1H3,(H,23,24)/t15?,16-,17-,18+,19-/m1/s1. The molecular formula is C20H30O4. The van der Waals surface area contributed by atoms with Crippen molar-refractivity contribution >= 4 is 5.97 Å². The van der Waals surface area contributed by atoms with E-state index in [4.69, 9.17) is 5.11 Å². The molecule has 0 heterocycles. The Morgan fingerprint density at radius 1 is 1.38 bits per heavy atom. The van der Waals surface area contributed by atoms with Gasteiger partial charge in [-0.05, 0) is 50.4 Å². The van der Waals surface area contributed by atoms with Gasteiger partial charge in [-0.2, -0.15) is 0 Å². The first kappa shape index (κ1) is 19.0. The maximum atomic E-state index is 10.6. The van der Waals surface area contributed by atoms with Crippen molar-refractivity contribution in [1.29, 1.82) is 0 Å². The van der Waals surface area contributed by atoms with Gasteiger partial charge in [-0.1, -0.05) is 43.3 Å². The number of aliphatic hydroxyl groups excluding tert-OH is 2. The molecule has 0 radical (unpaired) electrons. The maximum absolute atomic E-state index is 10.6. The van der Waals surface area contributed by atoms with E-state index >= 15 is 0 Å². The van der Waals surface area contributed by atoms with E-state index in [9.17, 15) is 15.0 Å². The van der Waals surface area contributed by atoms with Gasteiger partial charge in [0.25, 0.3) is 0 Å². The summed E-state index contributed by atoms with van der Waals surface area (Å²) in [5.74, 6) is 6.09. The molecule has 0 bridgehead atoms.